The maximum atomic E-state index is 12.1. The molecule has 1 aliphatic rings. The van der Waals surface area contributed by atoms with E-state index in [2.05, 4.69) is 0 Å². The van der Waals surface area contributed by atoms with Crippen LogP contribution in [0.15, 0.2) is 30.3 Å². The van der Waals surface area contributed by atoms with Crippen molar-refractivity contribution in [1.29, 1.82) is 0 Å². The van der Waals surface area contributed by atoms with Crippen molar-refractivity contribution in [1.82, 2.24) is 0 Å². The molecule has 0 fully saturated rings. The Hall–Kier alpha value is -1.95. The third-order valence-corrected chi connectivity index (χ3v) is 3.90. The summed E-state index contributed by atoms with van der Waals surface area (Å²) in [6.07, 6.45) is 0. The molecule has 0 amide bonds. The van der Waals surface area contributed by atoms with Gasteiger partial charge in [-0.1, -0.05) is 23.2 Å². The van der Waals surface area contributed by atoms with E-state index in [1.165, 1.54) is 6.07 Å². The Bertz CT molecular complexity index is 764. The van der Waals surface area contributed by atoms with Gasteiger partial charge in [-0.05, 0) is 30.3 Å². The highest BCUT2D eigenvalue weighted by molar-refractivity contribution is 6.33. The van der Waals surface area contributed by atoms with Gasteiger partial charge in [0.1, 0.15) is 12.4 Å². The number of hydrogen-bond acceptors (Lipinski definition) is 5. The Morgan fingerprint density at radius 1 is 1.26 bits per heavy atom. The summed E-state index contributed by atoms with van der Waals surface area (Å²) in [5.74, 6) is 0.137. The fraction of sp³-hybridized carbons (Fsp3) is 0.188. The van der Waals surface area contributed by atoms with E-state index in [1.54, 1.807) is 24.3 Å². The van der Waals surface area contributed by atoms with Crippen LogP contribution in [0.1, 0.15) is 21.5 Å². The Morgan fingerprint density at radius 2 is 2.09 bits per heavy atom. The minimum absolute atomic E-state index is 0.0320. The fourth-order valence-corrected chi connectivity index (χ4v) is 2.64. The highest BCUT2D eigenvalue weighted by Gasteiger charge is 2.18. The van der Waals surface area contributed by atoms with Gasteiger partial charge in [0.25, 0.3) is 0 Å². The lowest BCUT2D eigenvalue weighted by Gasteiger charge is -2.21. The quantitative estimate of drug-likeness (QED) is 0.671. The second-order valence-electron chi connectivity index (χ2n) is 4.98. The van der Waals surface area contributed by atoms with Gasteiger partial charge in [-0.15, -0.1) is 0 Å². The van der Waals surface area contributed by atoms with Crippen LogP contribution in [0, 0.1) is 0 Å². The van der Waals surface area contributed by atoms with E-state index < -0.39 is 5.97 Å². The van der Waals surface area contributed by atoms with Gasteiger partial charge in [-0.25, -0.2) is 4.79 Å². The molecule has 0 aliphatic carbocycles. The van der Waals surface area contributed by atoms with E-state index in [9.17, 15) is 4.79 Å². The van der Waals surface area contributed by atoms with Gasteiger partial charge in [-0.3, -0.25) is 0 Å². The van der Waals surface area contributed by atoms with Crippen molar-refractivity contribution in [3.63, 3.8) is 0 Å². The molecule has 2 aromatic rings. The molecule has 0 radical (unpaired) electrons. The van der Waals surface area contributed by atoms with E-state index in [1.807, 2.05) is 0 Å². The SMILES string of the molecule is Nc1cc(C(=O)OCc2cc(Cl)cc3c2OCOC3)ccc1Cl. The van der Waals surface area contributed by atoms with Gasteiger partial charge in [0.05, 0.1) is 22.9 Å². The summed E-state index contributed by atoms with van der Waals surface area (Å²) in [5, 5.41) is 0.915. The highest BCUT2D eigenvalue weighted by Crippen LogP contribution is 2.32. The van der Waals surface area contributed by atoms with Crippen LogP contribution in [-0.2, 0) is 22.7 Å². The fourth-order valence-electron chi connectivity index (χ4n) is 2.26. The van der Waals surface area contributed by atoms with Crippen LogP contribution in [0.4, 0.5) is 5.69 Å². The van der Waals surface area contributed by atoms with E-state index in [4.69, 9.17) is 43.1 Å². The first-order valence-electron chi connectivity index (χ1n) is 6.78. The molecule has 0 unspecified atom stereocenters. The van der Waals surface area contributed by atoms with E-state index in [0.717, 1.165) is 5.56 Å². The maximum absolute atomic E-state index is 12.1. The number of esters is 1. The minimum Gasteiger partial charge on any atom is -0.467 e. The van der Waals surface area contributed by atoms with Gasteiger partial charge >= 0.3 is 5.97 Å². The van der Waals surface area contributed by atoms with E-state index in [0.29, 0.717) is 39.2 Å². The monoisotopic (exact) mass is 353 g/mol. The number of fused-ring (bicyclic) bond motifs is 1. The zero-order valence-electron chi connectivity index (χ0n) is 12.0. The third kappa shape index (κ3) is 3.52. The molecule has 7 heteroatoms. The molecule has 2 N–H and O–H groups in total. The van der Waals surface area contributed by atoms with Gasteiger partial charge in [0.2, 0.25) is 0 Å². The number of nitrogens with two attached hydrogens (primary N) is 1. The largest absolute Gasteiger partial charge is 0.467 e. The average molecular weight is 354 g/mol. The van der Waals surface area contributed by atoms with Crippen molar-refractivity contribution in [2.75, 3.05) is 12.5 Å². The number of hydrogen-bond donors (Lipinski definition) is 1. The van der Waals surface area contributed by atoms with E-state index in [-0.39, 0.29) is 13.4 Å². The normalized spacial score (nSPS) is 13.1. The number of halogens is 2. The second-order valence-corrected chi connectivity index (χ2v) is 5.82. The predicted molar refractivity (Wildman–Crippen MR) is 86.7 cm³/mol. The van der Waals surface area contributed by atoms with Crippen molar-refractivity contribution >= 4 is 34.9 Å². The third-order valence-electron chi connectivity index (χ3n) is 3.34. The molecule has 1 aliphatic heterocycles. The van der Waals surface area contributed by atoms with Crippen molar-refractivity contribution in [2.45, 2.75) is 13.2 Å². The summed E-state index contributed by atoms with van der Waals surface area (Å²) in [7, 11) is 0. The number of ether oxygens (including phenoxy) is 3. The van der Waals surface area contributed by atoms with Gasteiger partial charge in [0, 0.05) is 16.1 Å². The first-order chi connectivity index (χ1) is 11.0. The molecule has 0 aromatic heterocycles. The molecule has 120 valence electrons. The molecule has 0 atom stereocenters. The highest BCUT2D eigenvalue weighted by atomic mass is 35.5. The lowest BCUT2D eigenvalue weighted by molar-refractivity contribution is -0.0180. The van der Waals surface area contributed by atoms with Crippen LogP contribution in [0.3, 0.4) is 0 Å². The number of carbonyl (C=O) groups is 1. The number of carbonyl (C=O) groups excluding carboxylic acids is 1. The second kappa shape index (κ2) is 6.66. The number of nitrogen functional groups attached to an aromatic ring is 1. The molecule has 2 aromatic carbocycles. The van der Waals surface area contributed by atoms with Crippen LogP contribution in [0.5, 0.6) is 5.75 Å². The zero-order valence-corrected chi connectivity index (χ0v) is 13.5. The molecule has 23 heavy (non-hydrogen) atoms. The Morgan fingerprint density at radius 3 is 2.87 bits per heavy atom. The first-order valence-corrected chi connectivity index (χ1v) is 7.54. The summed E-state index contributed by atoms with van der Waals surface area (Å²) in [5.41, 5.74) is 7.84. The molecular formula is C16H13Cl2NO4. The molecule has 1 heterocycles. The average Bonchev–Trinajstić information content (AvgIpc) is 2.54. The maximum Gasteiger partial charge on any atom is 0.338 e. The molecule has 5 nitrogen and oxygen atoms in total. The van der Waals surface area contributed by atoms with Crippen LogP contribution in [-0.4, -0.2) is 12.8 Å². The van der Waals surface area contributed by atoms with Crippen molar-refractivity contribution in [2.24, 2.45) is 0 Å². The molecular weight excluding hydrogens is 341 g/mol. The summed E-state index contributed by atoms with van der Waals surface area (Å²) in [6, 6.07) is 8.05. The van der Waals surface area contributed by atoms with Crippen molar-refractivity contribution in [3.8, 4) is 5.75 Å². The standard InChI is InChI=1S/C16H13Cl2NO4/c17-12-3-10-6-21-8-23-15(10)11(4-12)7-22-16(20)9-1-2-13(18)14(19)5-9/h1-5H,6-8,19H2. The molecule has 0 spiro atoms. The molecule has 0 saturated heterocycles. The van der Waals surface area contributed by atoms with Gasteiger partial charge in [0.15, 0.2) is 6.79 Å². The van der Waals surface area contributed by atoms with Crippen LogP contribution in [0.25, 0.3) is 0 Å². The summed E-state index contributed by atoms with van der Waals surface area (Å²) >= 11 is 11.9. The number of anilines is 1. The molecule has 0 saturated carbocycles. The van der Waals surface area contributed by atoms with Crippen LogP contribution < -0.4 is 10.5 Å². The number of benzene rings is 2. The van der Waals surface area contributed by atoms with Crippen LogP contribution in [0.2, 0.25) is 10.0 Å². The van der Waals surface area contributed by atoms with Crippen molar-refractivity contribution < 1.29 is 19.0 Å². The number of rotatable bonds is 3. The van der Waals surface area contributed by atoms with E-state index >= 15 is 0 Å². The summed E-state index contributed by atoms with van der Waals surface area (Å²) < 4.78 is 16.0. The lowest BCUT2D eigenvalue weighted by Crippen LogP contribution is -2.14. The van der Waals surface area contributed by atoms with Crippen LogP contribution >= 0.6 is 23.2 Å². The Labute approximate surface area is 142 Å². The smallest absolute Gasteiger partial charge is 0.338 e. The Balaban J connectivity index is 1.76. The Kier molecular flexibility index (Phi) is 4.61. The molecule has 0 bridgehead atoms. The van der Waals surface area contributed by atoms with Gasteiger partial charge < -0.3 is 19.9 Å². The lowest BCUT2D eigenvalue weighted by atomic mass is 10.1. The summed E-state index contributed by atoms with van der Waals surface area (Å²) in [6.45, 7) is 0.595. The van der Waals surface area contributed by atoms with Gasteiger partial charge in [-0.2, -0.15) is 0 Å². The zero-order chi connectivity index (χ0) is 16.4. The topological polar surface area (TPSA) is 70.8 Å². The molecule has 3 rings (SSSR count). The summed E-state index contributed by atoms with van der Waals surface area (Å²) in [4.78, 5) is 12.1. The predicted octanol–water partition coefficient (Wildman–Crippen LogP) is 3.80. The van der Waals surface area contributed by atoms with Crippen molar-refractivity contribution in [3.05, 3.63) is 57.1 Å². The minimum atomic E-state index is -0.505. The first kappa shape index (κ1) is 15.9.